The number of hydrogen-bond donors (Lipinski definition) is 1. The van der Waals surface area contributed by atoms with Crippen molar-refractivity contribution in [1.29, 1.82) is 0 Å². The fourth-order valence-electron chi connectivity index (χ4n) is 1.16. The molecule has 6 nitrogen and oxygen atoms in total. The molecule has 0 amide bonds. The van der Waals surface area contributed by atoms with Crippen LogP contribution in [0.1, 0.15) is 11.4 Å². The number of halogens is 1. The smallest absolute Gasteiger partial charge is 0.309 e. The van der Waals surface area contributed by atoms with E-state index in [-0.39, 0.29) is 14.7 Å². The summed E-state index contributed by atoms with van der Waals surface area (Å²) in [5.41, 5.74) is 0.928. The predicted octanol–water partition coefficient (Wildman–Crippen LogP) is 2.20. The summed E-state index contributed by atoms with van der Waals surface area (Å²) in [5.74, 6) is 0. The molecule has 0 spiro atoms. The maximum absolute atomic E-state index is 11.9. The molecule has 2 rings (SSSR count). The van der Waals surface area contributed by atoms with Crippen LogP contribution in [-0.2, 0) is 10.0 Å². The Hall–Kier alpha value is -1.12. The molecule has 0 aliphatic carbocycles. The number of nitrogens with zero attached hydrogens (tertiary/aromatic N) is 2. The summed E-state index contributed by atoms with van der Waals surface area (Å²) in [4.78, 5) is 7.69. The van der Waals surface area contributed by atoms with Crippen molar-refractivity contribution in [2.75, 3.05) is 4.72 Å². The van der Waals surface area contributed by atoms with E-state index >= 15 is 0 Å². The zero-order valence-electron chi connectivity index (χ0n) is 8.89. The molecule has 0 unspecified atom stereocenters. The monoisotopic (exact) mass is 293 g/mol. The normalized spacial score (nSPS) is 11.7. The molecule has 0 aliphatic heterocycles. The number of thiazole rings is 1. The minimum Gasteiger partial charge on any atom is -0.431 e. The van der Waals surface area contributed by atoms with Crippen molar-refractivity contribution in [2.45, 2.75) is 18.1 Å². The van der Waals surface area contributed by atoms with E-state index in [0.29, 0.717) is 11.4 Å². The Bertz CT molecular complexity index is 647. The Kier molecular flexibility index (Phi) is 3.11. The maximum Gasteiger partial charge on any atom is 0.309 e. The van der Waals surface area contributed by atoms with E-state index in [1.54, 1.807) is 13.8 Å². The Balaban J connectivity index is 2.34. The van der Waals surface area contributed by atoms with Crippen molar-refractivity contribution in [3.63, 3.8) is 0 Å². The van der Waals surface area contributed by atoms with Gasteiger partial charge in [-0.15, -0.1) is 0 Å². The first kappa shape index (κ1) is 12.3. The third-order valence-corrected chi connectivity index (χ3v) is 5.00. The SMILES string of the molecule is Cc1coc(NS(=O)(=O)c2sc(Cl)nc2C)n1. The second-order valence-corrected chi connectivity index (χ2v) is 6.70. The molecule has 2 aromatic rings. The van der Waals surface area contributed by atoms with Crippen LogP contribution in [0.3, 0.4) is 0 Å². The lowest BCUT2D eigenvalue weighted by molar-refractivity contribution is 0.570. The van der Waals surface area contributed by atoms with Gasteiger partial charge in [0.15, 0.2) is 8.68 Å². The average Bonchev–Trinajstić information content (AvgIpc) is 2.72. The van der Waals surface area contributed by atoms with E-state index in [1.165, 1.54) is 6.26 Å². The third kappa shape index (κ3) is 2.59. The summed E-state index contributed by atoms with van der Waals surface area (Å²) in [6.07, 6.45) is 1.35. The van der Waals surface area contributed by atoms with E-state index in [0.717, 1.165) is 11.3 Å². The highest BCUT2D eigenvalue weighted by Crippen LogP contribution is 2.28. The van der Waals surface area contributed by atoms with Crippen LogP contribution in [0.15, 0.2) is 14.9 Å². The molecule has 2 aromatic heterocycles. The molecule has 0 atom stereocenters. The molecule has 0 saturated carbocycles. The number of sulfonamides is 1. The minimum atomic E-state index is -3.74. The lowest BCUT2D eigenvalue weighted by atomic mass is 10.6. The van der Waals surface area contributed by atoms with Crippen LogP contribution >= 0.6 is 22.9 Å². The van der Waals surface area contributed by atoms with Gasteiger partial charge >= 0.3 is 6.01 Å². The highest BCUT2D eigenvalue weighted by molar-refractivity contribution is 7.94. The second-order valence-electron chi connectivity index (χ2n) is 3.24. The van der Waals surface area contributed by atoms with E-state index in [1.807, 2.05) is 0 Å². The summed E-state index contributed by atoms with van der Waals surface area (Å²) in [5, 5.41) is 0. The topological polar surface area (TPSA) is 85.1 Å². The Morgan fingerprint density at radius 1 is 1.41 bits per heavy atom. The first-order chi connectivity index (χ1) is 7.88. The van der Waals surface area contributed by atoms with Gasteiger partial charge in [-0.2, -0.15) is 4.98 Å². The maximum atomic E-state index is 11.9. The Labute approximate surface area is 107 Å². The van der Waals surface area contributed by atoms with Crippen molar-refractivity contribution in [3.8, 4) is 0 Å². The minimum absolute atomic E-state index is 0.0540. The van der Waals surface area contributed by atoms with Crippen LogP contribution < -0.4 is 4.72 Å². The molecule has 9 heteroatoms. The highest BCUT2D eigenvalue weighted by Gasteiger charge is 2.23. The lowest BCUT2D eigenvalue weighted by Gasteiger charge is -2.01. The molecule has 92 valence electrons. The van der Waals surface area contributed by atoms with Crippen LogP contribution in [0.25, 0.3) is 0 Å². The van der Waals surface area contributed by atoms with Gasteiger partial charge in [0.1, 0.15) is 6.26 Å². The zero-order chi connectivity index (χ0) is 12.6. The molecule has 2 heterocycles. The molecular weight excluding hydrogens is 286 g/mol. The number of rotatable bonds is 3. The first-order valence-electron chi connectivity index (χ1n) is 4.46. The average molecular weight is 294 g/mol. The van der Waals surface area contributed by atoms with Crippen molar-refractivity contribution in [3.05, 3.63) is 22.1 Å². The van der Waals surface area contributed by atoms with Crippen molar-refractivity contribution in [1.82, 2.24) is 9.97 Å². The molecule has 0 aliphatic rings. The van der Waals surface area contributed by atoms with Crippen molar-refractivity contribution >= 4 is 39.0 Å². The van der Waals surface area contributed by atoms with Gasteiger partial charge in [-0.25, -0.2) is 18.1 Å². The fraction of sp³-hybridized carbons (Fsp3) is 0.250. The molecular formula is C8H8ClN3O3S2. The van der Waals surface area contributed by atoms with Crippen molar-refractivity contribution < 1.29 is 12.8 Å². The van der Waals surface area contributed by atoms with Crippen LogP contribution in [0.2, 0.25) is 4.47 Å². The van der Waals surface area contributed by atoms with Crippen LogP contribution in [0, 0.1) is 13.8 Å². The van der Waals surface area contributed by atoms with Gasteiger partial charge < -0.3 is 4.42 Å². The van der Waals surface area contributed by atoms with Crippen LogP contribution in [0.4, 0.5) is 6.01 Å². The van der Waals surface area contributed by atoms with Gasteiger partial charge in [0, 0.05) is 0 Å². The second kappa shape index (κ2) is 4.28. The zero-order valence-corrected chi connectivity index (χ0v) is 11.3. The van der Waals surface area contributed by atoms with Gasteiger partial charge in [0.25, 0.3) is 10.0 Å². The molecule has 0 fully saturated rings. The molecule has 0 bridgehead atoms. The van der Waals surface area contributed by atoms with Gasteiger partial charge in [0.2, 0.25) is 0 Å². The molecule has 0 saturated heterocycles. The molecule has 0 radical (unpaired) electrons. The van der Waals surface area contributed by atoms with Crippen LogP contribution in [-0.4, -0.2) is 18.4 Å². The first-order valence-corrected chi connectivity index (χ1v) is 7.14. The predicted molar refractivity (Wildman–Crippen MR) is 63.9 cm³/mol. The Morgan fingerprint density at radius 3 is 2.59 bits per heavy atom. The van der Waals surface area contributed by atoms with Crippen LogP contribution in [0.5, 0.6) is 0 Å². The molecule has 17 heavy (non-hydrogen) atoms. The molecule has 0 aromatic carbocycles. The fourth-order valence-corrected chi connectivity index (χ4v) is 3.84. The number of nitrogens with one attached hydrogen (secondary N) is 1. The standard InChI is InChI=1S/C8H8ClN3O3S2/c1-4-3-15-8(10-4)12-17(13,14)6-5(2)11-7(9)16-6/h3H,1-2H3,(H,10,12). The number of hydrogen-bond acceptors (Lipinski definition) is 6. The largest absolute Gasteiger partial charge is 0.431 e. The van der Waals surface area contributed by atoms with E-state index in [9.17, 15) is 8.42 Å². The van der Waals surface area contributed by atoms with E-state index in [4.69, 9.17) is 16.0 Å². The van der Waals surface area contributed by atoms with Gasteiger partial charge in [-0.05, 0) is 13.8 Å². The summed E-state index contributed by atoms with van der Waals surface area (Å²) >= 11 is 6.54. The van der Waals surface area contributed by atoms with Gasteiger partial charge in [0.05, 0.1) is 11.4 Å². The van der Waals surface area contributed by atoms with E-state index in [2.05, 4.69) is 14.7 Å². The quantitative estimate of drug-likeness (QED) is 0.937. The summed E-state index contributed by atoms with van der Waals surface area (Å²) in [7, 11) is -3.74. The van der Waals surface area contributed by atoms with Gasteiger partial charge in [-0.1, -0.05) is 22.9 Å². The number of oxazole rings is 1. The number of aryl methyl sites for hydroxylation is 2. The summed E-state index contributed by atoms with van der Waals surface area (Å²) in [6.45, 7) is 3.26. The summed E-state index contributed by atoms with van der Waals surface area (Å²) in [6, 6.07) is -0.0774. The Morgan fingerprint density at radius 2 is 2.12 bits per heavy atom. The summed E-state index contributed by atoms with van der Waals surface area (Å²) < 4.78 is 31.3. The molecule has 1 N–H and O–H groups in total. The lowest BCUT2D eigenvalue weighted by Crippen LogP contribution is -2.12. The van der Waals surface area contributed by atoms with E-state index < -0.39 is 10.0 Å². The van der Waals surface area contributed by atoms with Gasteiger partial charge in [-0.3, -0.25) is 0 Å². The number of anilines is 1. The number of aromatic nitrogens is 2. The third-order valence-electron chi connectivity index (χ3n) is 1.81. The van der Waals surface area contributed by atoms with Crippen molar-refractivity contribution in [2.24, 2.45) is 0 Å². The highest BCUT2D eigenvalue weighted by atomic mass is 35.5.